The highest BCUT2D eigenvalue weighted by Gasteiger charge is 2.43. The lowest BCUT2D eigenvalue weighted by molar-refractivity contribution is -0.141. The van der Waals surface area contributed by atoms with Gasteiger partial charge in [-0.05, 0) is 18.8 Å². The lowest BCUT2D eigenvalue weighted by Crippen LogP contribution is -2.55. The molecule has 120 valence electrons. The van der Waals surface area contributed by atoms with E-state index in [2.05, 4.69) is 6.92 Å². The van der Waals surface area contributed by atoms with E-state index in [0.717, 1.165) is 12.8 Å². The number of likely N-dealkylation sites (tertiary alicyclic amines) is 1. The molecule has 2 fully saturated rings. The second-order valence-electron chi connectivity index (χ2n) is 5.73. The number of carboxylic acid groups (broad SMARTS) is 1. The molecule has 2 aliphatic heterocycles. The van der Waals surface area contributed by atoms with Crippen LogP contribution in [0.3, 0.4) is 0 Å². The number of urea groups is 1. The van der Waals surface area contributed by atoms with E-state index >= 15 is 0 Å². The van der Waals surface area contributed by atoms with Gasteiger partial charge in [0, 0.05) is 26.0 Å². The smallest absolute Gasteiger partial charge is 0.327 e. The molecular formula is C14H24N2O4S. The number of hydrogen-bond donors (Lipinski definition) is 1. The Labute approximate surface area is 129 Å². The number of carbonyl (C=O) groups excluding carboxylic acids is 1. The Morgan fingerprint density at radius 3 is 2.71 bits per heavy atom. The summed E-state index contributed by atoms with van der Waals surface area (Å²) in [5.41, 5.74) is 0. The molecule has 2 amide bonds. The van der Waals surface area contributed by atoms with E-state index in [9.17, 15) is 14.7 Å². The van der Waals surface area contributed by atoms with Crippen molar-refractivity contribution in [2.24, 2.45) is 5.92 Å². The minimum Gasteiger partial charge on any atom is -0.480 e. The lowest BCUT2D eigenvalue weighted by Gasteiger charge is -2.39. The number of thioether (sulfide) groups is 1. The Morgan fingerprint density at radius 2 is 2.14 bits per heavy atom. The molecule has 4 atom stereocenters. The zero-order valence-corrected chi connectivity index (χ0v) is 13.6. The molecule has 2 rings (SSSR count). The Bertz CT molecular complexity index is 406. The van der Waals surface area contributed by atoms with Crippen LogP contribution in [0.5, 0.6) is 0 Å². The fraction of sp³-hybridized carbons (Fsp3) is 0.857. The monoisotopic (exact) mass is 316 g/mol. The molecule has 2 heterocycles. The van der Waals surface area contributed by atoms with Crippen LogP contribution in [0.25, 0.3) is 0 Å². The summed E-state index contributed by atoms with van der Waals surface area (Å²) >= 11 is 1.55. The van der Waals surface area contributed by atoms with Gasteiger partial charge in [-0.1, -0.05) is 13.8 Å². The van der Waals surface area contributed by atoms with E-state index in [-0.39, 0.29) is 17.5 Å². The summed E-state index contributed by atoms with van der Waals surface area (Å²) in [5, 5.41) is 9.29. The van der Waals surface area contributed by atoms with E-state index in [0.29, 0.717) is 24.8 Å². The van der Waals surface area contributed by atoms with Crippen molar-refractivity contribution in [3.63, 3.8) is 0 Å². The SMILES string of the molecule is CCC1SCC(C(=O)O)N1C(=O)N1CCC(C)C(OC)C1. The molecule has 0 aliphatic carbocycles. The van der Waals surface area contributed by atoms with Crippen LogP contribution in [-0.4, -0.2) is 70.4 Å². The number of amides is 2. The van der Waals surface area contributed by atoms with E-state index in [1.807, 2.05) is 6.92 Å². The van der Waals surface area contributed by atoms with Gasteiger partial charge in [0.15, 0.2) is 0 Å². The molecule has 0 aromatic heterocycles. The van der Waals surface area contributed by atoms with Crippen molar-refractivity contribution in [2.45, 2.75) is 44.2 Å². The van der Waals surface area contributed by atoms with E-state index in [4.69, 9.17) is 4.74 Å². The minimum atomic E-state index is -0.916. The van der Waals surface area contributed by atoms with Crippen LogP contribution in [0.4, 0.5) is 4.79 Å². The third kappa shape index (κ3) is 3.29. The number of hydrogen-bond acceptors (Lipinski definition) is 4. The van der Waals surface area contributed by atoms with E-state index < -0.39 is 12.0 Å². The van der Waals surface area contributed by atoms with Gasteiger partial charge in [-0.25, -0.2) is 9.59 Å². The van der Waals surface area contributed by atoms with Crippen molar-refractivity contribution in [1.29, 1.82) is 0 Å². The molecule has 7 heteroatoms. The molecule has 2 aliphatic rings. The second-order valence-corrected chi connectivity index (χ2v) is 6.94. The maximum atomic E-state index is 12.8. The normalized spacial score (nSPS) is 33.3. The molecule has 1 N–H and O–H groups in total. The van der Waals surface area contributed by atoms with Crippen LogP contribution in [0.2, 0.25) is 0 Å². The number of nitrogens with zero attached hydrogens (tertiary/aromatic N) is 2. The Morgan fingerprint density at radius 1 is 1.43 bits per heavy atom. The fourth-order valence-electron chi connectivity index (χ4n) is 3.00. The third-order valence-corrected chi connectivity index (χ3v) is 5.86. The van der Waals surface area contributed by atoms with Crippen molar-refractivity contribution < 1.29 is 19.4 Å². The zero-order valence-electron chi connectivity index (χ0n) is 12.8. The number of carbonyl (C=O) groups is 2. The van der Waals surface area contributed by atoms with Crippen molar-refractivity contribution in [1.82, 2.24) is 9.80 Å². The predicted molar refractivity (Wildman–Crippen MR) is 81.3 cm³/mol. The third-order valence-electron chi connectivity index (χ3n) is 4.41. The minimum absolute atomic E-state index is 0.0290. The van der Waals surface area contributed by atoms with E-state index in [1.54, 1.807) is 28.7 Å². The number of carboxylic acids is 1. The molecule has 0 aromatic carbocycles. The van der Waals surface area contributed by atoms with Crippen molar-refractivity contribution >= 4 is 23.8 Å². The standard InChI is InChI=1S/C14H24N2O4S/c1-4-12-16(10(8-21-12)13(17)18)14(19)15-6-5-9(2)11(7-15)20-3/h9-12H,4-8H2,1-3H3,(H,17,18). The van der Waals surface area contributed by atoms with Crippen LogP contribution in [0.1, 0.15) is 26.7 Å². The average Bonchev–Trinajstić information content (AvgIpc) is 2.91. The first-order chi connectivity index (χ1) is 9.99. The molecule has 4 unspecified atom stereocenters. The van der Waals surface area contributed by atoms with Gasteiger partial charge >= 0.3 is 12.0 Å². The summed E-state index contributed by atoms with van der Waals surface area (Å²) in [6.45, 7) is 5.32. The quantitative estimate of drug-likeness (QED) is 0.858. The molecule has 2 saturated heterocycles. The fourth-order valence-corrected chi connectivity index (χ4v) is 4.34. The lowest BCUT2D eigenvalue weighted by atomic mass is 9.96. The van der Waals surface area contributed by atoms with Crippen LogP contribution in [0.15, 0.2) is 0 Å². The average molecular weight is 316 g/mol. The van der Waals surface area contributed by atoms with Gasteiger partial charge in [-0.3, -0.25) is 4.90 Å². The first-order valence-corrected chi connectivity index (χ1v) is 8.48. The van der Waals surface area contributed by atoms with Crippen molar-refractivity contribution in [2.75, 3.05) is 26.0 Å². The van der Waals surface area contributed by atoms with Crippen LogP contribution in [-0.2, 0) is 9.53 Å². The molecule has 0 aromatic rings. The predicted octanol–water partition coefficient (Wildman–Crippen LogP) is 1.70. The summed E-state index contributed by atoms with van der Waals surface area (Å²) in [5.74, 6) is -0.0259. The molecule has 0 saturated carbocycles. The summed E-state index contributed by atoms with van der Waals surface area (Å²) in [6.07, 6.45) is 1.68. The Balaban J connectivity index is 2.11. The first-order valence-electron chi connectivity index (χ1n) is 7.44. The largest absolute Gasteiger partial charge is 0.480 e. The number of ether oxygens (including phenoxy) is 1. The number of piperidine rings is 1. The summed E-state index contributed by atoms with van der Waals surface area (Å²) in [4.78, 5) is 27.5. The number of rotatable bonds is 3. The topological polar surface area (TPSA) is 70.1 Å². The number of methoxy groups -OCH3 is 1. The second kappa shape index (κ2) is 6.87. The molecule has 0 radical (unpaired) electrons. The zero-order chi connectivity index (χ0) is 15.6. The Kier molecular flexibility index (Phi) is 5.37. The molecular weight excluding hydrogens is 292 g/mol. The molecule has 0 spiro atoms. The van der Waals surface area contributed by atoms with Gasteiger partial charge in [-0.2, -0.15) is 0 Å². The van der Waals surface area contributed by atoms with Crippen LogP contribution in [0, 0.1) is 5.92 Å². The van der Waals surface area contributed by atoms with Gasteiger partial charge in [0.25, 0.3) is 0 Å². The van der Waals surface area contributed by atoms with Gasteiger partial charge in [0.05, 0.1) is 11.5 Å². The van der Waals surface area contributed by atoms with Gasteiger partial charge < -0.3 is 14.7 Å². The van der Waals surface area contributed by atoms with Crippen molar-refractivity contribution in [3.05, 3.63) is 0 Å². The van der Waals surface area contributed by atoms with Crippen LogP contribution >= 0.6 is 11.8 Å². The van der Waals surface area contributed by atoms with Crippen molar-refractivity contribution in [3.8, 4) is 0 Å². The van der Waals surface area contributed by atoms with Gasteiger partial charge in [0.1, 0.15) is 6.04 Å². The summed E-state index contributed by atoms with van der Waals surface area (Å²) in [7, 11) is 1.66. The summed E-state index contributed by atoms with van der Waals surface area (Å²) in [6, 6.07) is -0.874. The maximum absolute atomic E-state index is 12.8. The highest BCUT2D eigenvalue weighted by Crippen LogP contribution is 2.33. The van der Waals surface area contributed by atoms with E-state index in [1.165, 1.54) is 0 Å². The van der Waals surface area contributed by atoms with Crippen LogP contribution < -0.4 is 0 Å². The molecule has 21 heavy (non-hydrogen) atoms. The maximum Gasteiger partial charge on any atom is 0.327 e. The highest BCUT2D eigenvalue weighted by atomic mass is 32.2. The summed E-state index contributed by atoms with van der Waals surface area (Å²) < 4.78 is 5.44. The Hall–Kier alpha value is -0.950. The molecule has 0 bridgehead atoms. The highest BCUT2D eigenvalue weighted by molar-refractivity contribution is 8.00. The van der Waals surface area contributed by atoms with Gasteiger partial charge in [-0.15, -0.1) is 11.8 Å². The first kappa shape index (κ1) is 16.4. The number of aliphatic carboxylic acids is 1. The molecule has 6 nitrogen and oxygen atoms in total. The van der Waals surface area contributed by atoms with Gasteiger partial charge in [0.2, 0.25) is 0 Å².